The van der Waals surface area contributed by atoms with Gasteiger partial charge in [-0.15, -0.1) is 0 Å². The highest BCUT2D eigenvalue weighted by Gasteiger charge is 2.28. The normalized spacial score (nSPS) is 14.2. The molecule has 0 fully saturated rings. The van der Waals surface area contributed by atoms with Crippen molar-refractivity contribution in [2.24, 2.45) is 0 Å². The molecule has 0 heterocycles. The monoisotopic (exact) mass is 804 g/mol. The number of nitrogens with zero attached hydrogens (tertiary/aromatic N) is 1. The van der Waals surface area contributed by atoms with Gasteiger partial charge in [0.25, 0.3) is 0 Å². The van der Waals surface area contributed by atoms with E-state index in [-0.39, 0.29) is 25.5 Å². The molecule has 55 heavy (non-hydrogen) atoms. The summed E-state index contributed by atoms with van der Waals surface area (Å²) in [5.74, 6) is -0.229. The second kappa shape index (κ2) is 39.0. The molecule has 0 aliphatic rings. The average Bonchev–Trinajstić information content (AvgIpc) is 3.14. The van der Waals surface area contributed by atoms with E-state index in [0.29, 0.717) is 17.4 Å². The lowest BCUT2D eigenvalue weighted by Gasteiger charge is -2.26. The molecule has 3 unspecified atom stereocenters. The number of hydrogen-bond donors (Lipinski definition) is 3. The molecular formula is C46H96N2O6P+. The molecule has 0 radical (unpaired) electrons. The maximum absolute atomic E-state index is 12.3. The van der Waals surface area contributed by atoms with E-state index in [4.69, 9.17) is 9.05 Å². The molecular weight excluding hydrogens is 707 g/mol. The van der Waals surface area contributed by atoms with Gasteiger partial charge in [-0.3, -0.25) is 13.8 Å². The summed E-state index contributed by atoms with van der Waals surface area (Å²) in [6, 6.07) is -0.752. The van der Waals surface area contributed by atoms with Crippen LogP contribution in [0.15, 0.2) is 0 Å². The zero-order valence-electron chi connectivity index (χ0n) is 37.4. The van der Waals surface area contributed by atoms with Crippen LogP contribution in [0, 0.1) is 0 Å². The number of rotatable bonds is 44. The Morgan fingerprint density at radius 3 is 1.15 bits per heavy atom. The van der Waals surface area contributed by atoms with Crippen LogP contribution >= 0.6 is 7.82 Å². The van der Waals surface area contributed by atoms with Gasteiger partial charge in [-0.25, -0.2) is 4.57 Å². The summed E-state index contributed by atoms with van der Waals surface area (Å²) in [5.41, 5.74) is 0. The van der Waals surface area contributed by atoms with Gasteiger partial charge in [-0.2, -0.15) is 0 Å². The number of unbranched alkanes of at least 4 members (excludes halogenated alkanes) is 32. The second-order valence-electron chi connectivity index (χ2n) is 17.8. The van der Waals surface area contributed by atoms with Crippen LogP contribution in [-0.2, 0) is 18.4 Å². The molecule has 0 aromatic heterocycles. The van der Waals surface area contributed by atoms with Gasteiger partial charge in [0.1, 0.15) is 13.2 Å². The van der Waals surface area contributed by atoms with E-state index in [1.54, 1.807) is 6.92 Å². The number of phosphoric acid groups is 1. The molecule has 0 aromatic carbocycles. The van der Waals surface area contributed by atoms with Crippen LogP contribution in [0.2, 0.25) is 0 Å². The van der Waals surface area contributed by atoms with Crippen molar-refractivity contribution in [2.45, 2.75) is 251 Å². The SMILES string of the molecule is CCCCCCCCCCCCCCCCCCCCCCCCCCCCCCCCCCCC(O)C(COP(=O)(O)OCC[N+](C)(C)C)NC(=O)CC. The number of nitrogens with one attached hydrogen (secondary N) is 1. The Labute approximate surface area is 342 Å². The largest absolute Gasteiger partial charge is 0.472 e. The standard InChI is InChI=1S/C46H95N2O6P/c1-6-8-9-10-11-12-13-14-15-16-17-18-19-20-21-22-23-24-25-26-27-28-29-30-31-32-33-34-35-36-37-38-39-40-45(49)44(47-46(50)7-2)43-54-55(51,52)53-42-41-48(3,4)5/h44-45,49H,6-43H2,1-5H3,(H-,47,50,51,52)/p+1. The molecule has 0 saturated carbocycles. The maximum atomic E-state index is 12.3. The predicted octanol–water partition coefficient (Wildman–Crippen LogP) is 13.4. The highest BCUT2D eigenvalue weighted by atomic mass is 31.2. The number of carbonyl (C=O) groups is 1. The number of aliphatic hydroxyl groups is 1. The molecule has 8 nitrogen and oxygen atoms in total. The van der Waals surface area contributed by atoms with Gasteiger partial charge in [-0.1, -0.05) is 226 Å². The van der Waals surface area contributed by atoms with E-state index in [9.17, 15) is 19.4 Å². The minimum Gasteiger partial charge on any atom is -0.391 e. The van der Waals surface area contributed by atoms with Crippen molar-refractivity contribution in [1.82, 2.24) is 5.32 Å². The van der Waals surface area contributed by atoms with Crippen LogP contribution in [-0.4, -0.2) is 73.4 Å². The molecule has 3 atom stereocenters. The topological polar surface area (TPSA) is 105 Å². The van der Waals surface area contributed by atoms with E-state index in [1.807, 2.05) is 21.1 Å². The zero-order valence-corrected chi connectivity index (χ0v) is 38.3. The Hall–Kier alpha value is -0.500. The summed E-state index contributed by atoms with van der Waals surface area (Å²) in [7, 11) is 1.62. The summed E-state index contributed by atoms with van der Waals surface area (Å²) in [6.07, 6.45) is 45.5. The molecule has 0 saturated heterocycles. The third kappa shape index (κ3) is 41.5. The van der Waals surface area contributed by atoms with E-state index in [1.165, 1.54) is 193 Å². The number of aliphatic hydroxyl groups excluding tert-OH is 1. The fourth-order valence-corrected chi connectivity index (χ4v) is 8.04. The number of carbonyl (C=O) groups excluding carboxylic acids is 1. The average molecular weight is 804 g/mol. The molecule has 330 valence electrons. The van der Waals surface area contributed by atoms with Gasteiger partial charge in [0, 0.05) is 6.42 Å². The molecule has 0 aliphatic carbocycles. The van der Waals surface area contributed by atoms with E-state index in [0.717, 1.165) is 19.3 Å². The van der Waals surface area contributed by atoms with Gasteiger partial charge in [-0.05, 0) is 6.42 Å². The quantitative estimate of drug-likeness (QED) is 0.0322. The predicted molar refractivity (Wildman–Crippen MR) is 236 cm³/mol. The van der Waals surface area contributed by atoms with Gasteiger partial charge < -0.3 is 19.8 Å². The summed E-state index contributed by atoms with van der Waals surface area (Å²) >= 11 is 0. The summed E-state index contributed by atoms with van der Waals surface area (Å²) in [5, 5.41) is 13.5. The molecule has 0 rings (SSSR count). The number of phosphoric ester groups is 1. The number of likely N-dealkylation sites (N-methyl/N-ethyl adjacent to an activating group) is 1. The first kappa shape index (κ1) is 54.5. The van der Waals surface area contributed by atoms with Crippen molar-refractivity contribution in [3.63, 3.8) is 0 Å². The van der Waals surface area contributed by atoms with E-state index >= 15 is 0 Å². The number of hydrogen-bond acceptors (Lipinski definition) is 5. The van der Waals surface area contributed by atoms with Crippen LogP contribution in [0.4, 0.5) is 0 Å². The minimum absolute atomic E-state index is 0.0749. The Bertz CT molecular complexity index is 870. The molecule has 9 heteroatoms. The van der Waals surface area contributed by atoms with Crippen molar-refractivity contribution in [3.8, 4) is 0 Å². The number of amides is 1. The van der Waals surface area contributed by atoms with Gasteiger partial charge in [0.15, 0.2) is 0 Å². The Balaban J connectivity index is 3.54. The summed E-state index contributed by atoms with van der Waals surface area (Å²) < 4.78 is 23.1. The zero-order chi connectivity index (χ0) is 40.7. The third-order valence-corrected chi connectivity index (χ3v) is 12.2. The molecule has 1 amide bonds. The number of quaternary nitrogens is 1. The lowest BCUT2D eigenvalue weighted by molar-refractivity contribution is -0.870. The van der Waals surface area contributed by atoms with Crippen LogP contribution in [0.25, 0.3) is 0 Å². The van der Waals surface area contributed by atoms with Gasteiger partial charge in [0.05, 0.1) is 39.9 Å². The highest BCUT2D eigenvalue weighted by molar-refractivity contribution is 7.47. The van der Waals surface area contributed by atoms with Crippen molar-refractivity contribution in [3.05, 3.63) is 0 Å². The lowest BCUT2D eigenvalue weighted by atomic mass is 10.0. The van der Waals surface area contributed by atoms with Crippen LogP contribution in [0.3, 0.4) is 0 Å². The van der Waals surface area contributed by atoms with Crippen LogP contribution in [0.5, 0.6) is 0 Å². The van der Waals surface area contributed by atoms with Crippen molar-refractivity contribution >= 4 is 13.7 Å². The Morgan fingerprint density at radius 2 is 0.855 bits per heavy atom. The minimum atomic E-state index is -4.27. The van der Waals surface area contributed by atoms with Gasteiger partial charge >= 0.3 is 7.82 Å². The van der Waals surface area contributed by atoms with E-state index in [2.05, 4.69) is 12.2 Å². The molecule has 3 N–H and O–H groups in total. The van der Waals surface area contributed by atoms with Crippen molar-refractivity contribution in [1.29, 1.82) is 0 Å². The fraction of sp³-hybridized carbons (Fsp3) is 0.978. The van der Waals surface area contributed by atoms with Crippen molar-refractivity contribution < 1.29 is 32.9 Å². The molecule has 0 aliphatic heterocycles. The Morgan fingerprint density at radius 1 is 0.545 bits per heavy atom. The molecule has 0 bridgehead atoms. The lowest BCUT2D eigenvalue weighted by Crippen LogP contribution is -2.46. The summed E-state index contributed by atoms with van der Waals surface area (Å²) in [4.78, 5) is 22.1. The first-order chi connectivity index (χ1) is 26.5. The Kier molecular flexibility index (Phi) is 38.6. The van der Waals surface area contributed by atoms with Crippen LogP contribution in [0.1, 0.15) is 239 Å². The van der Waals surface area contributed by atoms with Crippen molar-refractivity contribution in [2.75, 3.05) is 40.9 Å². The fourth-order valence-electron chi connectivity index (χ4n) is 7.31. The second-order valence-corrected chi connectivity index (χ2v) is 19.3. The van der Waals surface area contributed by atoms with Crippen LogP contribution < -0.4 is 5.32 Å². The third-order valence-electron chi connectivity index (χ3n) is 11.2. The first-order valence-electron chi connectivity index (χ1n) is 23.9. The molecule has 0 aromatic rings. The maximum Gasteiger partial charge on any atom is 0.472 e. The smallest absolute Gasteiger partial charge is 0.391 e. The molecule has 0 spiro atoms. The van der Waals surface area contributed by atoms with Gasteiger partial charge in [0.2, 0.25) is 5.91 Å². The summed E-state index contributed by atoms with van der Waals surface area (Å²) in [6.45, 7) is 4.38. The van der Waals surface area contributed by atoms with E-state index < -0.39 is 20.0 Å². The first-order valence-corrected chi connectivity index (χ1v) is 25.4. The highest BCUT2D eigenvalue weighted by Crippen LogP contribution is 2.43.